The minimum Gasteiger partial charge on any atom is -0.497 e. The van der Waals surface area contributed by atoms with E-state index in [0.29, 0.717) is 6.04 Å². The van der Waals surface area contributed by atoms with Gasteiger partial charge in [-0.3, -0.25) is 4.90 Å². The number of nitrogens with one attached hydrogen (secondary N) is 1. The van der Waals surface area contributed by atoms with E-state index < -0.39 is 0 Å². The zero-order valence-electron chi connectivity index (χ0n) is 12.3. The summed E-state index contributed by atoms with van der Waals surface area (Å²) in [6.45, 7) is 2.71. The minimum atomic E-state index is 0.210. The first-order chi connectivity index (χ1) is 9.78. The Kier molecular flexibility index (Phi) is 4.24. The van der Waals surface area contributed by atoms with E-state index in [-0.39, 0.29) is 6.10 Å². The van der Waals surface area contributed by atoms with Crippen molar-refractivity contribution in [2.24, 2.45) is 0 Å². The quantitative estimate of drug-likeness (QED) is 0.889. The molecule has 0 aromatic heterocycles. The second-order valence-electron chi connectivity index (χ2n) is 5.79. The molecule has 1 saturated heterocycles. The van der Waals surface area contributed by atoms with Crippen LogP contribution in [0.15, 0.2) is 24.3 Å². The molecular formula is C16H24N2O2. The first-order valence-electron chi connectivity index (χ1n) is 7.47. The maximum atomic E-state index is 6.02. The molecule has 4 heteroatoms. The fraction of sp³-hybridized carbons (Fsp3) is 0.625. The van der Waals surface area contributed by atoms with Crippen molar-refractivity contribution in [1.29, 1.82) is 0 Å². The number of nitrogens with zero attached hydrogens (tertiary/aromatic N) is 1. The highest BCUT2D eigenvalue weighted by Gasteiger charge is 2.33. The largest absolute Gasteiger partial charge is 0.497 e. The van der Waals surface area contributed by atoms with Crippen LogP contribution in [0.4, 0.5) is 0 Å². The second-order valence-corrected chi connectivity index (χ2v) is 5.79. The van der Waals surface area contributed by atoms with Crippen molar-refractivity contribution < 1.29 is 9.47 Å². The van der Waals surface area contributed by atoms with E-state index in [1.165, 1.54) is 18.4 Å². The van der Waals surface area contributed by atoms with Gasteiger partial charge in [-0.1, -0.05) is 12.1 Å². The van der Waals surface area contributed by atoms with E-state index in [1.54, 1.807) is 7.11 Å². The van der Waals surface area contributed by atoms with Crippen molar-refractivity contribution >= 4 is 0 Å². The summed E-state index contributed by atoms with van der Waals surface area (Å²) in [5, 5.41) is 3.59. The average molecular weight is 276 g/mol. The van der Waals surface area contributed by atoms with Gasteiger partial charge < -0.3 is 14.8 Å². The van der Waals surface area contributed by atoms with Gasteiger partial charge in [0.2, 0.25) is 0 Å². The summed E-state index contributed by atoms with van der Waals surface area (Å²) in [7, 11) is 3.89. The van der Waals surface area contributed by atoms with Gasteiger partial charge in [0, 0.05) is 19.1 Å². The van der Waals surface area contributed by atoms with Crippen molar-refractivity contribution in [3.05, 3.63) is 29.8 Å². The van der Waals surface area contributed by atoms with Crippen LogP contribution in [0.3, 0.4) is 0 Å². The molecular weight excluding hydrogens is 252 g/mol. The Labute approximate surface area is 121 Å². The normalized spacial score (nSPS) is 27.5. The van der Waals surface area contributed by atoms with Gasteiger partial charge in [-0.05, 0) is 37.6 Å². The Morgan fingerprint density at radius 3 is 3.00 bits per heavy atom. The molecule has 1 heterocycles. The SMILES string of the molecule is COc1cccc(C2C(CNC3CC3)OCCN2C)c1. The molecule has 3 rings (SSSR count). The van der Waals surface area contributed by atoms with Gasteiger partial charge in [-0.15, -0.1) is 0 Å². The molecule has 1 aromatic rings. The zero-order valence-corrected chi connectivity index (χ0v) is 12.3. The summed E-state index contributed by atoms with van der Waals surface area (Å²) < 4.78 is 11.4. The number of benzene rings is 1. The van der Waals surface area contributed by atoms with Gasteiger partial charge >= 0.3 is 0 Å². The summed E-state index contributed by atoms with van der Waals surface area (Å²) in [6.07, 6.45) is 2.83. The van der Waals surface area contributed by atoms with Gasteiger partial charge in [0.1, 0.15) is 5.75 Å². The summed E-state index contributed by atoms with van der Waals surface area (Å²) in [6, 6.07) is 9.36. The maximum absolute atomic E-state index is 6.02. The maximum Gasteiger partial charge on any atom is 0.119 e. The second kappa shape index (κ2) is 6.12. The van der Waals surface area contributed by atoms with Crippen LogP contribution in [0.5, 0.6) is 5.75 Å². The molecule has 20 heavy (non-hydrogen) atoms. The number of hydrogen-bond donors (Lipinski definition) is 1. The molecule has 1 aromatic carbocycles. The molecule has 1 aliphatic heterocycles. The van der Waals surface area contributed by atoms with Gasteiger partial charge in [0.25, 0.3) is 0 Å². The van der Waals surface area contributed by atoms with Gasteiger partial charge in [0.05, 0.1) is 25.9 Å². The zero-order chi connectivity index (χ0) is 13.9. The van der Waals surface area contributed by atoms with Gasteiger partial charge in [-0.25, -0.2) is 0 Å². The Hall–Kier alpha value is -1.10. The molecule has 2 aliphatic rings. The molecule has 2 fully saturated rings. The number of methoxy groups -OCH3 is 1. The standard InChI is InChI=1S/C16H24N2O2/c1-18-8-9-20-15(11-17-13-6-7-13)16(18)12-4-3-5-14(10-12)19-2/h3-5,10,13,15-17H,6-9,11H2,1-2H3. The third-order valence-corrected chi connectivity index (χ3v) is 4.22. The van der Waals surface area contributed by atoms with Crippen molar-refractivity contribution in [3.8, 4) is 5.75 Å². The monoisotopic (exact) mass is 276 g/mol. The summed E-state index contributed by atoms with van der Waals surface area (Å²) >= 11 is 0. The van der Waals surface area contributed by atoms with E-state index in [2.05, 4.69) is 35.5 Å². The Morgan fingerprint density at radius 1 is 1.40 bits per heavy atom. The molecule has 110 valence electrons. The molecule has 2 unspecified atom stereocenters. The molecule has 0 radical (unpaired) electrons. The Balaban J connectivity index is 1.76. The Morgan fingerprint density at radius 2 is 2.25 bits per heavy atom. The highest BCUT2D eigenvalue weighted by molar-refractivity contribution is 5.31. The molecule has 0 amide bonds. The van der Waals surface area contributed by atoms with Gasteiger partial charge in [0.15, 0.2) is 0 Å². The number of morpholine rings is 1. The summed E-state index contributed by atoms with van der Waals surface area (Å²) in [4.78, 5) is 2.39. The lowest BCUT2D eigenvalue weighted by Gasteiger charge is -2.39. The fourth-order valence-corrected chi connectivity index (χ4v) is 2.90. The first-order valence-corrected chi connectivity index (χ1v) is 7.47. The lowest BCUT2D eigenvalue weighted by Crippen LogP contribution is -2.47. The van der Waals surface area contributed by atoms with Crippen LogP contribution >= 0.6 is 0 Å². The topological polar surface area (TPSA) is 33.7 Å². The molecule has 1 saturated carbocycles. The number of ether oxygens (including phenoxy) is 2. The minimum absolute atomic E-state index is 0.210. The average Bonchev–Trinajstić information content (AvgIpc) is 3.29. The van der Waals surface area contributed by atoms with Gasteiger partial charge in [-0.2, -0.15) is 0 Å². The van der Waals surface area contributed by atoms with Crippen molar-refractivity contribution in [1.82, 2.24) is 10.2 Å². The van der Waals surface area contributed by atoms with E-state index in [0.717, 1.165) is 31.5 Å². The third kappa shape index (κ3) is 3.14. The van der Waals surface area contributed by atoms with Crippen molar-refractivity contribution in [3.63, 3.8) is 0 Å². The Bertz CT molecular complexity index is 448. The summed E-state index contributed by atoms with van der Waals surface area (Å²) in [5.41, 5.74) is 1.27. The molecule has 1 N–H and O–H groups in total. The number of likely N-dealkylation sites (N-methyl/N-ethyl adjacent to an activating group) is 1. The highest BCUT2D eigenvalue weighted by atomic mass is 16.5. The van der Waals surface area contributed by atoms with Crippen LogP contribution in [-0.4, -0.2) is 50.9 Å². The molecule has 2 atom stereocenters. The van der Waals surface area contributed by atoms with Crippen LogP contribution in [0.2, 0.25) is 0 Å². The molecule has 0 spiro atoms. The van der Waals surface area contributed by atoms with E-state index in [9.17, 15) is 0 Å². The molecule has 4 nitrogen and oxygen atoms in total. The van der Waals surface area contributed by atoms with Crippen LogP contribution in [0.25, 0.3) is 0 Å². The smallest absolute Gasteiger partial charge is 0.119 e. The van der Waals surface area contributed by atoms with Crippen LogP contribution in [0, 0.1) is 0 Å². The van der Waals surface area contributed by atoms with Crippen LogP contribution < -0.4 is 10.1 Å². The predicted octanol–water partition coefficient (Wildman–Crippen LogP) is 1.82. The van der Waals surface area contributed by atoms with E-state index >= 15 is 0 Å². The first kappa shape index (κ1) is 13.9. The van der Waals surface area contributed by atoms with Crippen LogP contribution in [-0.2, 0) is 4.74 Å². The third-order valence-electron chi connectivity index (χ3n) is 4.22. The van der Waals surface area contributed by atoms with Crippen LogP contribution in [0.1, 0.15) is 24.4 Å². The van der Waals surface area contributed by atoms with E-state index in [4.69, 9.17) is 9.47 Å². The number of rotatable bonds is 5. The van der Waals surface area contributed by atoms with E-state index in [1.807, 2.05) is 6.07 Å². The number of hydrogen-bond acceptors (Lipinski definition) is 4. The fourth-order valence-electron chi connectivity index (χ4n) is 2.90. The predicted molar refractivity (Wildman–Crippen MR) is 79.1 cm³/mol. The summed E-state index contributed by atoms with van der Waals surface area (Å²) in [5.74, 6) is 0.912. The molecule has 0 bridgehead atoms. The lowest BCUT2D eigenvalue weighted by molar-refractivity contribution is -0.0615. The van der Waals surface area contributed by atoms with Crippen molar-refractivity contribution in [2.45, 2.75) is 31.0 Å². The lowest BCUT2D eigenvalue weighted by atomic mass is 9.98. The highest BCUT2D eigenvalue weighted by Crippen LogP contribution is 2.30. The molecule has 1 aliphatic carbocycles. The van der Waals surface area contributed by atoms with Crippen molar-refractivity contribution in [2.75, 3.05) is 33.9 Å².